The van der Waals surface area contributed by atoms with Gasteiger partial charge in [0.25, 0.3) is 0 Å². The first-order valence-corrected chi connectivity index (χ1v) is 5.47. The van der Waals surface area contributed by atoms with Gasteiger partial charge in [0.05, 0.1) is 0 Å². The number of thioether (sulfide) groups is 1. The minimum atomic E-state index is 0.366. The molecule has 12 heavy (non-hydrogen) atoms. The van der Waals surface area contributed by atoms with E-state index in [-0.39, 0.29) is 0 Å². The third-order valence-electron chi connectivity index (χ3n) is 2.45. The van der Waals surface area contributed by atoms with Crippen LogP contribution in [0.5, 0.6) is 0 Å². The van der Waals surface area contributed by atoms with Crippen LogP contribution in [0, 0.1) is 0 Å². The summed E-state index contributed by atoms with van der Waals surface area (Å²) in [6, 6.07) is 8.21. The number of hydrogen-bond donors (Lipinski definition) is 0. The molecule has 1 unspecified atom stereocenters. The van der Waals surface area contributed by atoms with Crippen LogP contribution in [-0.4, -0.2) is 5.75 Å². The highest BCUT2D eigenvalue weighted by atomic mass is 35.5. The van der Waals surface area contributed by atoms with Crippen LogP contribution < -0.4 is 0 Å². The first-order valence-electron chi connectivity index (χ1n) is 4.11. The Morgan fingerprint density at radius 3 is 2.33 bits per heavy atom. The summed E-state index contributed by atoms with van der Waals surface area (Å²) < 4.78 is 0.366. The van der Waals surface area contributed by atoms with E-state index in [9.17, 15) is 0 Å². The molecule has 0 nitrogen and oxygen atoms in total. The molecule has 0 amide bonds. The summed E-state index contributed by atoms with van der Waals surface area (Å²) in [6.07, 6.45) is 1.29. The molecule has 1 aromatic carbocycles. The maximum atomic E-state index is 5.82. The van der Waals surface area contributed by atoms with Gasteiger partial charge in [0, 0.05) is 9.77 Å². The van der Waals surface area contributed by atoms with Gasteiger partial charge in [-0.05, 0) is 36.8 Å². The van der Waals surface area contributed by atoms with Gasteiger partial charge < -0.3 is 0 Å². The van der Waals surface area contributed by atoms with Crippen LogP contribution in [0.3, 0.4) is 0 Å². The first-order chi connectivity index (χ1) is 5.71. The zero-order chi connectivity index (χ0) is 8.60. The van der Waals surface area contributed by atoms with E-state index in [0.29, 0.717) is 4.75 Å². The molecule has 0 saturated carbocycles. The van der Waals surface area contributed by atoms with Gasteiger partial charge >= 0.3 is 0 Å². The van der Waals surface area contributed by atoms with Crippen molar-refractivity contribution in [3.05, 3.63) is 34.9 Å². The van der Waals surface area contributed by atoms with Gasteiger partial charge in [0.2, 0.25) is 0 Å². The Hall–Kier alpha value is -0.140. The maximum Gasteiger partial charge on any atom is 0.0406 e. The normalized spacial score (nSPS) is 28.2. The lowest BCUT2D eigenvalue weighted by atomic mass is 9.97. The summed E-state index contributed by atoms with van der Waals surface area (Å²) in [5, 5.41) is 0.826. The molecular formula is C10H11ClS. The topological polar surface area (TPSA) is 0 Å². The van der Waals surface area contributed by atoms with Gasteiger partial charge in [0.15, 0.2) is 0 Å². The molecule has 0 spiro atoms. The first kappa shape index (κ1) is 8.46. The van der Waals surface area contributed by atoms with Crippen molar-refractivity contribution in [3.8, 4) is 0 Å². The van der Waals surface area contributed by atoms with Gasteiger partial charge in [-0.15, -0.1) is 0 Å². The predicted molar refractivity (Wildman–Crippen MR) is 55.9 cm³/mol. The SMILES string of the molecule is CC1(c2ccc(Cl)cc2)CCS1. The smallest absolute Gasteiger partial charge is 0.0406 e. The lowest BCUT2D eigenvalue weighted by Gasteiger charge is -2.38. The van der Waals surface area contributed by atoms with Crippen molar-refractivity contribution in [1.82, 2.24) is 0 Å². The fourth-order valence-corrected chi connectivity index (χ4v) is 2.68. The van der Waals surface area contributed by atoms with E-state index in [4.69, 9.17) is 11.6 Å². The van der Waals surface area contributed by atoms with E-state index < -0.39 is 0 Å². The third kappa shape index (κ3) is 1.36. The monoisotopic (exact) mass is 198 g/mol. The van der Waals surface area contributed by atoms with E-state index in [1.165, 1.54) is 17.7 Å². The lowest BCUT2D eigenvalue weighted by Crippen LogP contribution is -2.27. The van der Waals surface area contributed by atoms with Crippen molar-refractivity contribution in [3.63, 3.8) is 0 Å². The molecule has 0 N–H and O–H groups in total. The van der Waals surface area contributed by atoms with Crippen molar-refractivity contribution >= 4 is 23.4 Å². The van der Waals surface area contributed by atoms with E-state index in [1.54, 1.807) is 0 Å². The highest BCUT2D eigenvalue weighted by Gasteiger charge is 2.34. The van der Waals surface area contributed by atoms with E-state index >= 15 is 0 Å². The average Bonchev–Trinajstić information content (AvgIpc) is 2.02. The van der Waals surface area contributed by atoms with Crippen LogP contribution in [0.15, 0.2) is 24.3 Å². The summed E-state index contributed by atoms with van der Waals surface area (Å²) >= 11 is 7.84. The molecule has 1 fully saturated rings. The molecule has 0 radical (unpaired) electrons. The summed E-state index contributed by atoms with van der Waals surface area (Å²) in [5.74, 6) is 1.29. The molecular weight excluding hydrogens is 188 g/mol. The van der Waals surface area contributed by atoms with Crippen molar-refractivity contribution in [1.29, 1.82) is 0 Å². The second-order valence-electron chi connectivity index (χ2n) is 3.34. The van der Waals surface area contributed by atoms with Crippen LogP contribution in [0.25, 0.3) is 0 Å². The highest BCUT2D eigenvalue weighted by Crippen LogP contribution is 2.48. The molecule has 1 saturated heterocycles. The molecule has 0 aliphatic carbocycles. The Labute approximate surface area is 82.3 Å². The van der Waals surface area contributed by atoms with Crippen LogP contribution in [0.1, 0.15) is 18.9 Å². The van der Waals surface area contributed by atoms with Gasteiger partial charge in [-0.3, -0.25) is 0 Å². The van der Waals surface area contributed by atoms with Gasteiger partial charge in [-0.2, -0.15) is 11.8 Å². The molecule has 0 aromatic heterocycles. The fraction of sp³-hybridized carbons (Fsp3) is 0.400. The summed E-state index contributed by atoms with van der Waals surface area (Å²) in [6.45, 7) is 2.30. The average molecular weight is 199 g/mol. The Morgan fingerprint density at radius 1 is 1.33 bits per heavy atom. The molecule has 1 aliphatic rings. The van der Waals surface area contributed by atoms with Crippen molar-refractivity contribution < 1.29 is 0 Å². The van der Waals surface area contributed by atoms with Crippen LogP contribution in [0.4, 0.5) is 0 Å². The van der Waals surface area contributed by atoms with Gasteiger partial charge in [-0.1, -0.05) is 23.7 Å². The quantitative estimate of drug-likeness (QED) is 0.663. The van der Waals surface area contributed by atoms with Crippen LogP contribution in [0.2, 0.25) is 5.02 Å². The van der Waals surface area contributed by atoms with Gasteiger partial charge in [-0.25, -0.2) is 0 Å². The van der Waals surface area contributed by atoms with Crippen LogP contribution >= 0.6 is 23.4 Å². The van der Waals surface area contributed by atoms with E-state index in [0.717, 1.165) is 5.02 Å². The third-order valence-corrected chi connectivity index (χ3v) is 4.19. The number of benzene rings is 1. The Morgan fingerprint density at radius 2 is 1.92 bits per heavy atom. The Kier molecular flexibility index (Phi) is 2.09. The highest BCUT2D eigenvalue weighted by molar-refractivity contribution is 8.01. The number of hydrogen-bond acceptors (Lipinski definition) is 1. The largest absolute Gasteiger partial charge is 0.151 e. The van der Waals surface area contributed by atoms with Crippen molar-refractivity contribution in [2.45, 2.75) is 18.1 Å². The second-order valence-corrected chi connectivity index (χ2v) is 5.37. The molecule has 1 heterocycles. The molecule has 2 heteroatoms. The zero-order valence-electron chi connectivity index (χ0n) is 7.01. The molecule has 0 bridgehead atoms. The fourth-order valence-electron chi connectivity index (χ4n) is 1.44. The van der Waals surface area contributed by atoms with Crippen LogP contribution in [-0.2, 0) is 4.75 Å². The Balaban J connectivity index is 2.28. The lowest BCUT2D eigenvalue weighted by molar-refractivity contribution is 0.626. The molecule has 1 aromatic rings. The molecule has 1 atom stereocenters. The second kappa shape index (κ2) is 2.97. The minimum Gasteiger partial charge on any atom is -0.151 e. The van der Waals surface area contributed by atoms with Crippen molar-refractivity contribution in [2.75, 3.05) is 5.75 Å². The number of rotatable bonds is 1. The van der Waals surface area contributed by atoms with E-state index in [2.05, 4.69) is 19.1 Å². The number of halogens is 1. The molecule has 64 valence electrons. The van der Waals surface area contributed by atoms with Crippen molar-refractivity contribution in [2.24, 2.45) is 0 Å². The molecule has 1 aliphatic heterocycles. The molecule has 2 rings (SSSR count). The summed E-state index contributed by atoms with van der Waals surface area (Å²) in [5.41, 5.74) is 1.41. The minimum absolute atomic E-state index is 0.366. The predicted octanol–water partition coefficient (Wildman–Crippen LogP) is 3.69. The maximum absolute atomic E-state index is 5.82. The van der Waals surface area contributed by atoms with E-state index in [1.807, 2.05) is 23.9 Å². The summed E-state index contributed by atoms with van der Waals surface area (Å²) in [7, 11) is 0. The Bertz CT molecular complexity index is 274. The van der Waals surface area contributed by atoms with Gasteiger partial charge in [0.1, 0.15) is 0 Å². The summed E-state index contributed by atoms with van der Waals surface area (Å²) in [4.78, 5) is 0. The standard InChI is InChI=1S/C10H11ClS/c1-10(6-7-12-10)8-2-4-9(11)5-3-8/h2-5H,6-7H2,1H3. The zero-order valence-corrected chi connectivity index (χ0v) is 8.58.